The lowest BCUT2D eigenvalue weighted by atomic mass is 9.86. The van der Waals surface area contributed by atoms with Crippen LogP contribution in [0.25, 0.3) is 0 Å². The van der Waals surface area contributed by atoms with Gasteiger partial charge in [-0.05, 0) is 71.7 Å². The summed E-state index contributed by atoms with van der Waals surface area (Å²) in [5.74, 6) is -0.820. The van der Waals surface area contributed by atoms with Crippen LogP contribution >= 0.6 is 0 Å². The Morgan fingerprint density at radius 1 is 0.943 bits per heavy atom. The number of carbonyl (C=O) groups is 2. The second-order valence-corrected chi connectivity index (χ2v) is 10.0. The van der Waals surface area contributed by atoms with Crippen molar-refractivity contribution >= 4 is 23.2 Å². The molecule has 0 spiro atoms. The Balaban J connectivity index is 1.35. The van der Waals surface area contributed by atoms with Crippen LogP contribution < -0.4 is 10.7 Å². The number of anilines is 1. The lowest BCUT2D eigenvalue weighted by Crippen LogP contribution is -2.21. The Labute approximate surface area is 205 Å². The average molecular weight is 472 g/mol. The number of hydrogen-bond donors (Lipinski definition) is 2. The number of carbonyl (C=O) groups excluding carboxylic acids is 2. The largest absolute Gasteiger partial charge is 0.322 e. The van der Waals surface area contributed by atoms with Crippen molar-refractivity contribution in [3.63, 3.8) is 0 Å². The number of benzene rings is 3. The van der Waals surface area contributed by atoms with Crippen molar-refractivity contribution in [1.29, 1.82) is 0 Å². The first kappa shape index (κ1) is 24.3. The molecule has 0 saturated heterocycles. The highest BCUT2D eigenvalue weighted by atomic mass is 19.1. The molecule has 3 aromatic carbocycles. The molecule has 180 valence electrons. The normalized spacial score (nSPS) is 17.6. The van der Waals surface area contributed by atoms with E-state index < -0.39 is 11.7 Å². The molecule has 3 aromatic rings. The minimum atomic E-state index is -0.468. The van der Waals surface area contributed by atoms with Gasteiger partial charge in [-0.3, -0.25) is 9.59 Å². The first-order valence-corrected chi connectivity index (χ1v) is 11.7. The Hall–Kier alpha value is -3.80. The molecule has 5 nitrogen and oxygen atoms in total. The van der Waals surface area contributed by atoms with Gasteiger partial charge in [0.15, 0.2) is 0 Å². The molecule has 1 fully saturated rings. The number of rotatable bonds is 6. The lowest BCUT2D eigenvalue weighted by Gasteiger charge is -2.19. The van der Waals surface area contributed by atoms with E-state index in [9.17, 15) is 14.0 Å². The highest BCUT2D eigenvalue weighted by molar-refractivity contribution is 6.05. The molecule has 1 aliphatic rings. The molecule has 0 bridgehead atoms. The van der Waals surface area contributed by atoms with E-state index in [1.165, 1.54) is 29.3 Å². The maximum atomic E-state index is 13.4. The molecule has 2 unspecified atom stereocenters. The van der Waals surface area contributed by atoms with Crippen molar-refractivity contribution in [2.24, 2.45) is 11.0 Å². The van der Waals surface area contributed by atoms with E-state index in [1.807, 2.05) is 6.07 Å². The summed E-state index contributed by atoms with van der Waals surface area (Å²) < 4.78 is 13.4. The molecule has 6 heteroatoms. The summed E-state index contributed by atoms with van der Waals surface area (Å²) in [4.78, 5) is 25.0. The third-order valence-electron chi connectivity index (χ3n) is 6.29. The Bertz CT molecular complexity index is 1280. The Morgan fingerprint density at radius 3 is 2.31 bits per heavy atom. The molecule has 2 amide bonds. The van der Waals surface area contributed by atoms with Gasteiger partial charge in [-0.2, -0.15) is 5.10 Å². The number of nitrogens with one attached hydrogen (secondary N) is 2. The number of hydrazone groups is 1. The molecule has 2 N–H and O–H groups in total. The predicted octanol–water partition coefficient (Wildman–Crippen LogP) is 6.02. The van der Waals surface area contributed by atoms with Gasteiger partial charge < -0.3 is 5.32 Å². The summed E-state index contributed by atoms with van der Waals surface area (Å²) in [6, 6.07) is 21.2. The fraction of sp³-hybridized carbons (Fsp3) is 0.276. The van der Waals surface area contributed by atoms with Gasteiger partial charge in [0.25, 0.3) is 5.91 Å². The summed E-state index contributed by atoms with van der Waals surface area (Å²) in [6.45, 7) is 8.35. The predicted molar refractivity (Wildman–Crippen MR) is 137 cm³/mol. The number of nitrogens with zero attached hydrogens (tertiary/aromatic N) is 1. The Morgan fingerprint density at radius 2 is 1.63 bits per heavy atom. The van der Waals surface area contributed by atoms with E-state index in [2.05, 4.69) is 60.9 Å². The molecule has 0 heterocycles. The SMILES string of the molecule is CC(=NNC(=O)C1CC1c1ccc(C(C)(C)C)cc1)c1cccc(NC(=O)c2cccc(F)c2)c1. The van der Waals surface area contributed by atoms with Crippen LogP contribution in [0.15, 0.2) is 77.9 Å². The lowest BCUT2D eigenvalue weighted by molar-refractivity contribution is -0.122. The summed E-state index contributed by atoms with van der Waals surface area (Å²) in [5.41, 5.74) is 7.41. The van der Waals surface area contributed by atoms with Gasteiger partial charge in [-0.1, -0.05) is 63.2 Å². The van der Waals surface area contributed by atoms with Crippen LogP contribution in [-0.4, -0.2) is 17.5 Å². The molecule has 0 aliphatic heterocycles. The van der Waals surface area contributed by atoms with Crippen LogP contribution in [0.4, 0.5) is 10.1 Å². The van der Waals surface area contributed by atoms with Crippen molar-refractivity contribution in [3.05, 3.63) is 101 Å². The smallest absolute Gasteiger partial charge is 0.255 e. The standard InChI is InChI=1S/C29H30FN3O2/c1-18(20-7-6-10-24(16-20)31-27(34)21-8-5-9-23(30)15-21)32-33-28(35)26-17-25(26)19-11-13-22(14-12-19)29(2,3)4/h5-16,25-26H,17H2,1-4H3,(H,31,34)(H,33,35). The third-order valence-corrected chi connectivity index (χ3v) is 6.29. The zero-order valence-electron chi connectivity index (χ0n) is 20.4. The van der Waals surface area contributed by atoms with E-state index >= 15 is 0 Å². The minimum Gasteiger partial charge on any atom is -0.322 e. The molecule has 2 atom stereocenters. The molecular formula is C29H30FN3O2. The molecule has 0 radical (unpaired) electrons. The summed E-state index contributed by atoms with van der Waals surface area (Å²) in [6.07, 6.45) is 0.816. The molecule has 1 aliphatic carbocycles. The summed E-state index contributed by atoms with van der Waals surface area (Å²) >= 11 is 0. The molecule has 1 saturated carbocycles. The molecular weight excluding hydrogens is 441 g/mol. The van der Waals surface area contributed by atoms with E-state index in [0.717, 1.165) is 12.0 Å². The van der Waals surface area contributed by atoms with Crippen LogP contribution in [0.3, 0.4) is 0 Å². The van der Waals surface area contributed by atoms with Crippen LogP contribution in [0.5, 0.6) is 0 Å². The fourth-order valence-electron chi connectivity index (χ4n) is 4.02. The van der Waals surface area contributed by atoms with Gasteiger partial charge >= 0.3 is 0 Å². The van der Waals surface area contributed by atoms with Gasteiger partial charge in [-0.15, -0.1) is 0 Å². The van der Waals surface area contributed by atoms with E-state index in [-0.39, 0.29) is 28.7 Å². The topological polar surface area (TPSA) is 70.6 Å². The zero-order chi connectivity index (χ0) is 25.2. The van der Waals surface area contributed by atoms with Crippen LogP contribution in [0, 0.1) is 11.7 Å². The first-order chi connectivity index (χ1) is 16.6. The van der Waals surface area contributed by atoms with E-state index in [0.29, 0.717) is 11.4 Å². The van der Waals surface area contributed by atoms with Gasteiger partial charge in [0.1, 0.15) is 5.82 Å². The monoisotopic (exact) mass is 471 g/mol. The van der Waals surface area contributed by atoms with Crippen molar-refractivity contribution in [1.82, 2.24) is 5.43 Å². The minimum absolute atomic E-state index is 0.0797. The van der Waals surface area contributed by atoms with Crippen LogP contribution in [-0.2, 0) is 10.2 Å². The quantitative estimate of drug-likeness (QED) is 0.341. The van der Waals surface area contributed by atoms with Gasteiger partial charge in [0, 0.05) is 17.2 Å². The average Bonchev–Trinajstić information content (AvgIpc) is 3.63. The molecule has 35 heavy (non-hydrogen) atoms. The number of halogens is 1. The van der Waals surface area contributed by atoms with Gasteiger partial charge in [0.2, 0.25) is 5.91 Å². The third kappa shape index (κ3) is 6.01. The Kier molecular flexibility index (Phi) is 6.83. The van der Waals surface area contributed by atoms with Crippen molar-refractivity contribution in [3.8, 4) is 0 Å². The first-order valence-electron chi connectivity index (χ1n) is 11.7. The van der Waals surface area contributed by atoms with E-state index in [4.69, 9.17) is 0 Å². The second-order valence-electron chi connectivity index (χ2n) is 10.0. The number of amides is 2. The molecule has 4 rings (SSSR count). The van der Waals surface area contributed by atoms with Crippen molar-refractivity contribution < 1.29 is 14.0 Å². The number of hydrogen-bond acceptors (Lipinski definition) is 3. The zero-order valence-corrected chi connectivity index (χ0v) is 20.4. The highest BCUT2D eigenvalue weighted by Crippen LogP contribution is 2.47. The maximum Gasteiger partial charge on any atom is 0.255 e. The van der Waals surface area contributed by atoms with Gasteiger partial charge in [-0.25, -0.2) is 9.82 Å². The fourth-order valence-corrected chi connectivity index (χ4v) is 4.02. The summed E-state index contributed by atoms with van der Waals surface area (Å²) in [5, 5.41) is 7.04. The van der Waals surface area contributed by atoms with Gasteiger partial charge in [0.05, 0.1) is 5.71 Å². The van der Waals surface area contributed by atoms with Crippen LogP contribution in [0.2, 0.25) is 0 Å². The van der Waals surface area contributed by atoms with E-state index in [1.54, 1.807) is 31.2 Å². The second kappa shape index (κ2) is 9.82. The highest BCUT2D eigenvalue weighted by Gasteiger charge is 2.44. The molecule has 0 aromatic heterocycles. The van der Waals surface area contributed by atoms with Crippen molar-refractivity contribution in [2.45, 2.75) is 45.4 Å². The summed E-state index contributed by atoms with van der Waals surface area (Å²) in [7, 11) is 0. The van der Waals surface area contributed by atoms with Crippen molar-refractivity contribution in [2.75, 3.05) is 5.32 Å². The van der Waals surface area contributed by atoms with Crippen LogP contribution in [0.1, 0.15) is 67.1 Å². The maximum absolute atomic E-state index is 13.4.